The van der Waals surface area contributed by atoms with Crippen LogP contribution in [0.4, 0.5) is 0 Å². The van der Waals surface area contributed by atoms with Crippen LogP contribution in [0, 0.1) is 0 Å². The molecule has 1 rings (SSSR count). The molecular weight excluding hydrogens is 288 g/mol. The predicted octanol–water partition coefficient (Wildman–Crippen LogP) is 1.83. The summed E-state index contributed by atoms with van der Waals surface area (Å²) in [5.74, 6) is -1.12. The molecule has 1 atom stereocenters. The molecule has 0 spiro atoms. The van der Waals surface area contributed by atoms with Crippen LogP contribution in [0.5, 0.6) is 0 Å². The van der Waals surface area contributed by atoms with E-state index in [1.165, 1.54) is 6.20 Å². The van der Waals surface area contributed by atoms with Crippen LogP contribution in [0.2, 0.25) is 0 Å². The lowest BCUT2D eigenvalue weighted by molar-refractivity contribution is -0.137. The van der Waals surface area contributed by atoms with E-state index in [4.69, 9.17) is 5.11 Å². The van der Waals surface area contributed by atoms with Gasteiger partial charge in [-0.3, -0.25) is 14.6 Å². The zero-order chi connectivity index (χ0) is 12.8. The van der Waals surface area contributed by atoms with E-state index < -0.39 is 5.97 Å². The van der Waals surface area contributed by atoms with Crippen LogP contribution in [0.3, 0.4) is 0 Å². The largest absolute Gasteiger partial charge is 0.481 e. The molecule has 0 aliphatic heterocycles. The van der Waals surface area contributed by atoms with Crippen molar-refractivity contribution in [2.24, 2.45) is 0 Å². The molecule has 6 heteroatoms. The lowest BCUT2D eigenvalue weighted by Gasteiger charge is -2.12. The molecule has 0 aliphatic rings. The number of hydrogen-bond donors (Lipinski definition) is 2. The lowest BCUT2D eigenvalue weighted by Crippen LogP contribution is -2.33. The molecule has 1 aromatic heterocycles. The van der Waals surface area contributed by atoms with Gasteiger partial charge in [0.2, 0.25) is 0 Å². The molecular formula is C11H13BrN2O3. The van der Waals surface area contributed by atoms with Gasteiger partial charge >= 0.3 is 5.97 Å². The van der Waals surface area contributed by atoms with Crippen molar-refractivity contribution in [2.75, 3.05) is 0 Å². The average molecular weight is 301 g/mol. The molecule has 2 N–H and O–H groups in total. The molecule has 0 saturated heterocycles. The van der Waals surface area contributed by atoms with Gasteiger partial charge in [-0.2, -0.15) is 0 Å². The van der Waals surface area contributed by atoms with Crippen LogP contribution in [0.25, 0.3) is 0 Å². The molecule has 17 heavy (non-hydrogen) atoms. The Labute approximate surface area is 107 Å². The number of halogens is 1. The minimum atomic E-state index is -0.866. The first-order valence-corrected chi connectivity index (χ1v) is 5.91. The molecule has 0 radical (unpaired) electrons. The van der Waals surface area contributed by atoms with Crippen LogP contribution in [0.15, 0.2) is 22.9 Å². The fraction of sp³-hybridized carbons (Fsp3) is 0.364. The Morgan fingerprint density at radius 3 is 2.82 bits per heavy atom. The van der Waals surface area contributed by atoms with Gasteiger partial charge in [-0.1, -0.05) is 0 Å². The minimum absolute atomic E-state index is 0.0399. The van der Waals surface area contributed by atoms with Crippen molar-refractivity contribution in [1.29, 1.82) is 0 Å². The van der Waals surface area contributed by atoms with Crippen molar-refractivity contribution in [2.45, 2.75) is 25.8 Å². The number of pyridine rings is 1. The first kappa shape index (κ1) is 13.6. The molecule has 1 amide bonds. The van der Waals surface area contributed by atoms with Gasteiger partial charge in [-0.05, 0) is 35.3 Å². The van der Waals surface area contributed by atoms with E-state index in [1.807, 2.05) is 0 Å². The van der Waals surface area contributed by atoms with E-state index in [0.29, 0.717) is 12.0 Å². The third-order valence-corrected chi connectivity index (χ3v) is 2.57. The zero-order valence-corrected chi connectivity index (χ0v) is 10.9. The average Bonchev–Trinajstić information content (AvgIpc) is 2.26. The molecule has 92 valence electrons. The minimum Gasteiger partial charge on any atom is -0.481 e. The second-order valence-corrected chi connectivity index (χ2v) is 4.61. The second kappa shape index (κ2) is 6.34. The van der Waals surface area contributed by atoms with Crippen LogP contribution in [-0.4, -0.2) is 28.0 Å². The number of aromatic nitrogens is 1. The Kier molecular flexibility index (Phi) is 5.09. The van der Waals surface area contributed by atoms with Gasteiger partial charge in [0.15, 0.2) is 0 Å². The molecule has 0 fully saturated rings. The number of carboxylic acids is 1. The van der Waals surface area contributed by atoms with E-state index in [0.717, 1.165) is 4.47 Å². The van der Waals surface area contributed by atoms with Crippen LogP contribution < -0.4 is 5.32 Å². The zero-order valence-electron chi connectivity index (χ0n) is 9.31. The van der Waals surface area contributed by atoms with Crippen molar-refractivity contribution in [3.05, 3.63) is 28.5 Å². The summed E-state index contributed by atoms with van der Waals surface area (Å²) in [6.45, 7) is 1.77. The number of hydrogen-bond acceptors (Lipinski definition) is 3. The number of carbonyl (C=O) groups excluding carboxylic acids is 1. The molecule has 5 nitrogen and oxygen atoms in total. The Morgan fingerprint density at radius 2 is 2.24 bits per heavy atom. The van der Waals surface area contributed by atoms with Crippen molar-refractivity contribution in [3.8, 4) is 0 Å². The van der Waals surface area contributed by atoms with Crippen LogP contribution in [-0.2, 0) is 4.79 Å². The monoisotopic (exact) mass is 300 g/mol. The Morgan fingerprint density at radius 1 is 1.53 bits per heavy atom. The number of rotatable bonds is 5. The van der Waals surface area contributed by atoms with Gasteiger partial charge in [-0.25, -0.2) is 0 Å². The maximum atomic E-state index is 11.7. The molecule has 0 saturated carbocycles. The van der Waals surface area contributed by atoms with Crippen LogP contribution >= 0.6 is 15.9 Å². The van der Waals surface area contributed by atoms with Crippen LogP contribution in [0.1, 0.15) is 30.1 Å². The van der Waals surface area contributed by atoms with Gasteiger partial charge in [0, 0.05) is 29.3 Å². The number of carbonyl (C=O) groups is 2. The highest BCUT2D eigenvalue weighted by molar-refractivity contribution is 9.10. The van der Waals surface area contributed by atoms with Gasteiger partial charge in [-0.15, -0.1) is 0 Å². The van der Waals surface area contributed by atoms with E-state index in [2.05, 4.69) is 26.2 Å². The summed E-state index contributed by atoms with van der Waals surface area (Å²) >= 11 is 3.23. The highest BCUT2D eigenvalue weighted by Gasteiger charge is 2.11. The Hall–Kier alpha value is -1.43. The third-order valence-electron chi connectivity index (χ3n) is 2.14. The first-order chi connectivity index (χ1) is 7.99. The summed E-state index contributed by atoms with van der Waals surface area (Å²) in [5, 5.41) is 11.2. The van der Waals surface area contributed by atoms with Crippen molar-refractivity contribution >= 4 is 27.8 Å². The Balaban J connectivity index is 2.51. The topological polar surface area (TPSA) is 79.3 Å². The van der Waals surface area contributed by atoms with E-state index in [9.17, 15) is 9.59 Å². The lowest BCUT2D eigenvalue weighted by atomic mass is 10.1. The molecule has 1 unspecified atom stereocenters. The maximum absolute atomic E-state index is 11.7. The van der Waals surface area contributed by atoms with E-state index >= 15 is 0 Å². The molecule has 0 aromatic carbocycles. The summed E-state index contributed by atoms with van der Waals surface area (Å²) < 4.78 is 0.725. The first-order valence-electron chi connectivity index (χ1n) is 5.12. The number of nitrogens with zero attached hydrogens (tertiary/aromatic N) is 1. The smallest absolute Gasteiger partial charge is 0.303 e. The van der Waals surface area contributed by atoms with Crippen molar-refractivity contribution < 1.29 is 14.7 Å². The maximum Gasteiger partial charge on any atom is 0.303 e. The third kappa shape index (κ3) is 4.95. The van der Waals surface area contributed by atoms with Gasteiger partial charge < -0.3 is 10.4 Å². The highest BCUT2D eigenvalue weighted by Crippen LogP contribution is 2.09. The summed E-state index contributed by atoms with van der Waals surface area (Å²) in [6.07, 6.45) is 3.50. The van der Waals surface area contributed by atoms with Crippen molar-refractivity contribution in [3.63, 3.8) is 0 Å². The molecule has 1 aromatic rings. The summed E-state index contributed by atoms with van der Waals surface area (Å²) in [5.41, 5.74) is 0.446. The molecule has 0 aliphatic carbocycles. The van der Waals surface area contributed by atoms with Gasteiger partial charge in [0.1, 0.15) is 0 Å². The van der Waals surface area contributed by atoms with E-state index in [-0.39, 0.29) is 18.4 Å². The quantitative estimate of drug-likeness (QED) is 0.869. The predicted molar refractivity (Wildman–Crippen MR) is 65.7 cm³/mol. The normalized spacial score (nSPS) is 11.9. The number of carboxylic acid groups (broad SMARTS) is 1. The fourth-order valence-electron chi connectivity index (χ4n) is 1.26. The summed E-state index contributed by atoms with van der Waals surface area (Å²) in [6, 6.07) is 1.48. The number of nitrogens with one attached hydrogen (secondary N) is 1. The van der Waals surface area contributed by atoms with Gasteiger partial charge in [0.05, 0.1) is 5.56 Å². The van der Waals surface area contributed by atoms with Crippen molar-refractivity contribution in [1.82, 2.24) is 10.3 Å². The Bertz CT molecular complexity index is 423. The SMILES string of the molecule is CC(CCC(=O)O)NC(=O)c1cncc(Br)c1. The molecule has 1 heterocycles. The number of aliphatic carboxylic acids is 1. The summed E-state index contributed by atoms with van der Waals surface area (Å²) in [4.78, 5) is 26.0. The fourth-order valence-corrected chi connectivity index (χ4v) is 1.62. The summed E-state index contributed by atoms with van der Waals surface area (Å²) in [7, 11) is 0. The van der Waals surface area contributed by atoms with Gasteiger partial charge in [0.25, 0.3) is 5.91 Å². The standard InChI is InChI=1S/C11H13BrN2O3/c1-7(2-3-10(15)16)14-11(17)8-4-9(12)6-13-5-8/h4-7H,2-3H2,1H3,(H,14,17)(H,15,16). The second-order valence-electron chi connectivity index (χ2n) is 3.70. The highest BCUT2D eigenvalue weighted by atomic mass is 79.9. The van der Waals surface area contributed by atoms with E-state index in [1.54, 1.807) is 19.2 Å². The molecule has 0 bridgehead atoms. The number of amides is 1.